The highest BCUT2D eigenvalue weighted by atomic mass is 127. The van der Waals surface area contributed by atoms with Gasteiger partial charge in [0.1, 0.15) is 6.54 Å². The second-order valence-electron chi connectivity index (χ2n) is 6.73. The predicted molar refractivity (Wildman–Crippen MR) is 125 cm³/mol. The maximum Gasteiger partial charge on any atom is 0.243 e. The van der Waals surface area contributed by atoms with Crippen LogP contribution in [0.4, 0.5) is 0 Å². The van der Waals surface area contributed by atoms with Gasteiger partial charge in [-0.05, 0) is 37.1 Å². The van der Waals surface area contributed by atoms with Crippen LogP contribution < -0.4 is 14.8 Å². The summed E-state index contributed by atoms with van der Waals surface area (Å²) in [7, 11) is 8.61. The summed E-state index contributed by atoms with van der Waals surface area (Å²) < 4.78 is 10.8. The van der Waals surface area contributed by atoms with Gasteiger partial charge in [0.15, 0.2) is 17.5 Å². The fourth-order valence-corrected chi connectivity index (χ4v) is 2.35. The highest BCUT2D eigenvalue weighted by Crippen LogP contribution is 2.30. The Morgan fingerprint density at radius 3 is 2.25 bits per heavy atom. The minimum atomic E-state index is -0.0553. The molecule has 8 heteroatoms. The number of nitrogens with one attached hydrogen (secondary N) is 1. The Labute approximate surface area is 185 Å². The van der Waals surface area contributed by atoms with E-state index in [-0.39, 0.29) is 36.4 Å². The molecule has 0 aliphatic heterocycles. The average Bonchev–Trinajstić information content (AvgIpc) is 2.62. The number of guanidine groups is 1. The van der Waals surface area contributed by atoms with Crippen molar-refractivity contribution >= 4 is 35.8 Å². The quantitative estimate of drug-likeness (QED) is 0.255. The third-order valence-electron chi connectivity index (χ3n) is 4.02. The van der Waals surface area contributed by atoms with Gasteiger partial charge in [-0.2, -0.15) is 0 Å². The third kappa shape index (κ3) is 7.95. The maximum absolute atomic E-state index is 11.9. The molecule has 0 saturated heterocycles. The molecule has 0 aromatic heterocycles. The molecule has 158 valence electrons. The standard InChI is InChI=1S/C20H32N4O3.HI/c1-14(2)11-21-20(22-12-19(25)23(4)5)24(6)13-16-10-18(27-8)17(26-7)9-15(16)3;/h9-10H,1,11-13H2,2-8H3,(H,21,22);1H. The van der Waals surface area contributed by atoms with Gasteiger partial charge in [0, 0.05) is 34.2 Å². The zero-order valence-electron chi connectivity index (χ0n) is 18.0. The molecule has 1 rings (SSSR count). The summed E-state index contributed by atoms with van der Waals surface area (Å²) in [5.41, 5.74) is 3.15. The lowest BCUT2D eigenvalue weighted by atomic mass is 10.1. The lowest BCUT2D eigenvalue weighted by molar-refractivity contribution is -0.127. The minimum absolute atomic E-state index is 0. The van der Waals surface area contributed by atoms with E-state index in [1.165, 1.54) is 4.90 Å². The summed E-state index contributed by atoms with van der Waals surface area (Å²) in [6.45, 7) is 9.15. The van der Waals surface area contributed by atoms with Crippen LogP contribution >= 0.6 is 24.0 Å². The molecule has 28 heavy (non-hydrogen) atoms. The number of benzene rings is 1. The second-order valence-corrected chi connectivity index (χ2v) is 6.73. The van der Waals surface area contributed by atoms with Crippen LogP contribution in [0.2, 0.25) is 0 Å². The Balaban J connectivity index is 0.00000729. The van der Waals surface area contributed by atoms with Crippen molar-refractivity contribution in [3.63, 3.8) is 0 Å². The number of methoxy groups -OCH3 is 2. The molecule has 0 spiro atoms. The maximum atomic E-state index is 11.9. The Hall–Kier alpha value is -1.97. The first-order valence-electron chi connectivity index (χ1n) is 8.75. The molecule has 0 aliphatic rings. The number of hydrogen-bond acceptors (Lipinski definition) is 4. The first-order chi connectivity index (χ1) is 12.7. The van der Waals surface area contributed by atoms with E-state index in [0.717, 1.165) is 16.7 Å². The van der Waals surface area contributed by atoms with Crippen molar-refractivity contribution in [2.75, 3.05) is 48.5 Å². The van der Waals surface area contributed by atoms with Gasteiger partial charge in [0.25, 0.3) is 0 Å². The summed E-state index contributed by atoms with van der Waals surface area (Å²) in [4.78, 5) is 19.9. The van der Waals surface area contributed by atoms with Gasteiger partial charge in [0.05, 0.1) is 14.2 Å². The van der Waals surface area contributed by atoms with Gasteiger partial charge in [-0.15, -0.1) is 24.0 Å². The van der Waals surface area contributed by atoms with Crippen LogP contribution in [0, 0.1) is 6.92 Å². The highest BCUT2D eigenvalue weighted by molar-refractivity contribution is 14.0. The van der Waals surface area contributed by atoms with Gasteiger partial charge in [0.2, 0.25) is 5.91 Å². The molecule has 0 heterocycles. The third-order valence-corrected chi connectivity index (χ3v) is 4.02. The van der Waals surface area contributed by atoms with Crippen LogP contribution in [0.5, 0.6) is 11.5 Å². The Bertz CT molecular complexity index is 705. The molecule has 0 unspecified atom stereocenters. The minimum Gasteiger partial charge on any atom is -0.493 e. The largest absolute Gasteiger partial charge is 0.493 e. The van der Waals surface area contributed by atoms with Crippen LogP contribution in [0.3, 0.4) is 0 Å². The molecular formula is C20H33IN4O3. The number of hydrogen-bond donors (Lipinski definition) is 1. The zero-order valence-corrected chi connectivity index (χ0v) is 20.3. The molecule has 1 amide bonds. The Morgan fingerprint density at radius 2 is 1.75 bits per heavy atom. The van der Waals surface area contributed by atoms with E-state index in [1.54, 1.807) is 28.3 Å². The first-order valence-corrected chi connectivity index (χ1v) is 8.75. The van der Waals surface area contributed by atoms with Crippen LogP contribution in [0.25, 0.3) is 0 Å². The molecule has 0 aliphatic carbocycles. The van der Waals surface area contributed by atoms with Crippen molar-refractivity contribution < 1.29 is 14.3 Å². The predicted octanol–water partition coefficient (Wildman–Crippen LogP) is 2.67. The molecule has 0 radical (unpaired) electrons. The zero-order chi connectivity index (χ0) is 20.6. The van der Waals surface area contributed by atoms with E-state index in [1.807, 2.05) is 37.9 Å². The van der Waals surface area contributed by atoms with E-state index in [4.69, 9.17) is 9.47 Å². The molecule has 0 atom stereocenters. The molecular weight excluding hydrogens is 471 g/mol. The van der Waals surface area contributed by atoms with Crippen molar-refractivity contribution in [3.05, 3.63) is 35.4 Å². The molecule has 1 N–H and O–H groups in total. The lowest BCUT2D eigenvalue weighted by Crippen LogP contribution is -2.40. The van der Waals surface area contributed by atoms with Crippen molar-refractivity contribution in [1.82, 2.24) is 15.1 Å². The number of carbonyl (C=O) groups is 1. The monoisotopic (exact) mass is 504 g/mol. The number of rotatable bonds is 8. The van der Waals surface area contributed by atoms with Crippen LogP contribution in [-0.4, -0.2) is 70.1 Å². The number of aliphatic imine (C=N–C) groups is 1. The molecule has 0 fully saturated rings. The van der Waals surface area contributed by atoms with E-state index in [9.17, 15) is 4.79 Å². The van der Waals surface area contributed by atoms with Gasteiger partial charge in [-0.25, -0.2) is 4.99 Å². The van der Waals surface area contributed by atoms with Gasteiger partial charge >= 0.3 is 0 Å². The topological polar surface area (TPSA) is 66.4 Å². The van der Waals surface area contributed by atoms with E-state index < -0.39 is 0 Å². The van der Waals surface area contributed by atoms with E-state index in [2.05, 4.69) is 16.9 Å². The molecule has 7 nitrogen and oxygen atoms in total. The summed E-state index contributed by atoms with van der Waals surface area (Å²) in [5, 5.41) is 3.25. The summed E-state index contributed by atoms with van der Waals surface area (Å²) in [5.74, 6) is 1.97. The van der Waals surface area contributed by atoms with Crippen molar-refractivity contribution in [1.29, 1.82) is 0 Å². The summed E-state index contributed by atoms with van der Waals surface area (Å²) >= 11 is 0. The van der Waals surface area contributed by atoms with Crippen LogP contribution in [0.1, 0.15) is 18.1 Å². The number of halogens is 1. The van der Waals surface area contributed by atoms with Gasteiger partial charge in [-0.3, -0.25) is 4.79 Å². The van der Waals surface area contributed by atoms with Crippen LogP contribution in [0.15, 0.2) is 29.3 Å². The van der Waals surface area contributed by atoms with E-state index >= 15 is 0 Å². The van der Waals surface area contributed by atoms with E-state index in [0.29, 0.717) is 30.5 Å². The summed E-state index contributed by atoms with van der Waals surface area (Å²) in [6, 6.07) is 3.92. The fraction of sp³-hybridized carbons (Fsp3) is 0.500. The number of ether oxygens (including phenoxy) is 2. The van der Waals surface area contributed by atoms with Crippen molar-refractivity contribution in [2.24, 2.45) is 4.99 Å². The SMILES string of the molecule is C=C(C)CNC(=NCC(=O)N(C)C)N(C)Cc1cc(OC)c(OC)cc1C.I. The smallest absolute Gasteiger partial charge is 0.243 e. The second kappa shape index (κ2) is 12.5. The molecule has 0 saturated carbocycles. The Kier molecular flexibility index (Phi) is 11.6. The number of likely N-dealkylation sites (N-methyl/N-ethyl adjacent to an activating group) is 1. The van der Waals surface area contributed by atoms with Gasteiger partial charge in [-0.1, -0.05) is 12.2 Å². The van der Waals surface area contributed by atoms with Crippen molar-refractivity contribution in [2.45, 2.75) is 20.4 Å². The normalized spacial score (nSPS) is 10.6. The van der Waals surface area contributed by atoms with Crippen molar-refractivity contribution in [3.8, 4) is 11.5 Å². The average molecular weight is 504 g/mol. The number of aryl methyl sites for hydroxylation is 1. The lowest BCUT2D eigenvalue weighted by Gasteiger charge is -2.24. The number of amides is 1. The first kappa shape index (κ1) is 26.0. The number of carbonyl (C=O) groups excluding carboxylic acids is 1. The summed E-state index contributed by atoms with van der Waals surface area (Å²) in [6.07, 6.45) is 0. The molecule has 0 bridgehead atoms. The molecule has 1 aromatic rings. The molecule has 1 aromatic carbocycles. The van der Waals surface area contributed by atoms with Crippen LogP contribution in [-0.2, 0) is 11.3 Å². The van der Waals surface area contributed by atoms with Gasteiger partial charge < -0.3 is 24.6 Å². The fourth-order valence-electron chi connectivity index (χ4n) is 2.35. The Morgan fingerprint density at radius 1 is 1.18 bits per heavy atom. The number of nitrogens with zero attached hydrogens (tertiary/aromatic N) is 3. The highest BCUT2D eigenvalue weighted by Gasteiger charge is 2.13.